The fourth-order valence-corrected chi connectivity index (χ4v) is 0. The lowest BCUT2D eigenvalue weighted by atomic mass is 10.2. The van der Waals surface area contributed by atoms with Gasteiger partial charge in [0.15, 0.2) is 0 Å². The van der Waals surface area contributed by atoms with Crippen LogP contribution in [-0.4, -0.2) is 32.1 Å². The van der Waals surface area contributed by atoms with Crippen molar-refractivity contribution in [1.82, 2.24) is 18.5 Å². The molecule has 0 saturated carbocycles. The van der Waals surface area contributed by atoms with Crippen molar-refractivity contribution in [1.29, 1.82) is 0 Å². The summed E-state index contributed by atoms with van der Waals surface area (Å²) >= 11 is 0. The lowest BCUT2D eigenvalue weighted by Gasteiger charge is -2.04. The molecule has 6 nitrogen and oxygen atoms in total. The second-order valence-electron chi connectivity index (χ2n) is 6.51. The standard InChI is InChI=1S/3C4H10O.3H3N/c3*1-4(2,3)5;;;/h3*5H,1-3H3;3*1H3. The Labute approximate surface area is 114 Å². The van der Waals surface area contributed by atoms with Gasteiger partial charge in [-0.25, -0.2) is 0 Å². The Morgan fingerprint density at radius 3 is 0.389 bits per heavy atom. The van der Waals surface area contributed by atoms with E-state index >= 15 is 0 Å². The van der Waals surface area contributed by atoms with Crippen molar-refractivity contribution < 1.29 is 15.3 Å². The van der Waals surface area contributed by atoms with E-state index in [1.54, 1.807) is 62.3 Å². The molecule has 0 unspecified atom stereocenters. The smallest absolute Gasteiger partial charge is 0.0563 e. The van der Waals surface area contributed by atoms with Crippen molar-refractivity contribution in [2.24, 2.45) is 0 Å². The first-order chi connectivity index (χ1) is 6.00. The monoisotopic (exact) mass is 273 g/mol. The van der Waals surface area contributed by atoms with Gasteiger partial charge in [0.05, 0.1) is 16.8 Å². The summed E-state index contributed by atoms with van der Waals surface area (Å²) in [6, 6.07) is 0. The molecule has 120 valence electrons. The van der Waals surface area contributed by atoms with Gasteiger partial charge in [-0.15, -0.1) is 0 Å². The number of hydrogen-bond donors (Lipinski definition) is 6. The Morgan fingerprint density at radius 1 is 0.389 bits per heavy atom. The molecular weight excluding hydrogens is 234 g/mol. The predicted octanol–water partition coefficient (Wildman–Crippen LogP) is 2.82. The highest BCUT2D eigenvalue weighted by Gasteiger charge is 1.98. The lowest BCUT2D eigenvalue weighted by Crippen LogP contribution is -2.10. The zero-order valence-electron chi connectivity index (χ0n) is 14.0. The molecule has 0 spiro atoms. The second kappa shape index (κ2) is 13.2. The maximum atomic E-state index is 8.52. The van der Waals surface area contributed by atoms with Gasteiger partial charge in [0, 0.05) is 0 Å². The molecule has 0 fully saturated rings. The highest BCUT2D eigenvalue weighted by atomic mass is 16.3. The van der Waals surface area contributed by atoms with Crippen LogP contribution >= 0.6 is 0 Å². The SMILES string of the molecule is CC(C)(C)O.CC(C)(C)O.CC(C)(C)O.N.N.N. The predicted molar refractivity (Wildman–Crippen MR) is 81.0 cm³/mol. The summed E-state index contributed by atoms with van der Waals surface area (Å²) in [6.07, 6.45) is 0. The molecule has 18 heavy (non-hydrogen) atoms. The number of rotatable bonds is 0. The Balaban J connectivity index is -0.0000000277. The zero-order valence-corrected chi connectivity index (χ0v) is 14.0. The fraction of sp³-hybridized carbons (Fsp3) is 1.00. The van der Waals surface area contributed by atoms with Crippen LogP contribution in [0.2, 0.25) is 0 Å². The summed E-state index contributed by atoms with van der Waals surface area (Å²) in [4.78, 5) is 0. The molecule has 0 rings (SSSR count). The molecule has 0 aromatic carbocycles. The second-order valence-corrected chi connectivity index (χ2v) is 6.51. The summed E-state index contributed by atoms with van der Waals surface area (Å²) in [6.45, 7) is 15.7. The Morgan fingerprint density at radius 2 is 0.389 bits per heavy atom. The van der Waals surface area contributed by atoms with Crippen LogP contribution < -0.4 is 18.5 Å². The maximum Gasteiger partial charge on any atom is 0.0563 e. The van der Waals surface area contributed by atoms with Crippen LogP contribution in [0.25, 0.3) is 0 Å². The first kappa shape index (κ1) is 36.1. The van der Waals surface area contributed by atoms with Crippen molar-refractivity contribution in [3.05, 3.63) is 0 Å². The van der Waals surface area contributed by atoms with E-state index in [4.69, 9.17) is 15.3 Å². The van der Waals surface area contributed by atoms with E-state index in [0.717, 1.165) is 0 Å². The van der Waals surface area contributed by atoms with Crippen LogP contribution in [0.4, 0.5) is 0 Å². The molecule has 6 heteroatoms. The third-order valence-electron chi connectivity index (χ3n) is 0. The van der Waals surface area contributed by atoms with Gasteiger partial charge in [-0.2, -0.15) is 0 Å². The van der Waals surface area contributed by atoms with Gasteiger partial charge >= 0.3 is 0 Å². The molecule has 0 bridgehead atoms. The number of hydrogen-bond acceptors (Lipinski definition) is 6. The Hall–Kier alpha value is -0.240. The van der Waals surface area contributed by atoms with Crippen LogP contribution in [0.5, 0.6) is 0 Å². The average Bonchev–Trinajstić information content (AvgIpc) is 1.41. The van der Waals surface area contributed by atoms with Gasteiger partial charge < -0.3 is 33.8 Å². The average molecular weight is 273 g/mol. The molecule has 0 aliphatic carbocycles. The van der Waals surface area contributed by atoms with Gasteiger partial charge in [-0.1, -0.05) is 0 Å². The molecule has 0 aromatic rings. The molecule has 0 amide bonds. The molecule has 0 saturated heterocycles. The molecule has 0 heterocycles. The zero-order chi connectivity index (χ0) is 13.5. The minimum atomic E-state index is -0.500. The molecule has 12 N–H and O–H groups in total. The van der Waals surface area contributed by atoms with Crippen molar-refractivity contribution in [2.75, 3.05) is 0 Å². The third-order valence-corrected chi connectivity index (χ3v) is 0. The van der Waals surface area contributed by atoms with Crippen molar-refractivity contribution >= 4 is 0 Å². The minimum absolute atomic E-state index is 0. The van der Waals surface area contributed by atoms with Gasteiger partial charge in [0.1, 0.15) is 0 Å². The highest BCUT2D eigenvalue weighted by Crippen LogP contribution is 1.94. The van der Waals surface area contributed by atoms with E-state index in [-0.39, 0.29) is 18.5 Å². The lowest BCUT2D eigenvalue weighted by molar-refractivity contribution is 0.101. The Kier molecular flexibility index (Phi) is 26.4. The van der Waals surface area contributed by atoms with E-state index in [2.05, 4.69) is 0 Å². The summed E-state index contributed by atoms with van der Waals surface area (Å²) in [5.74, 6) is 0. The van der Waals surface area contributed by atoms with Gasteiger partial charge in [-0.3, -0.25) is 0 Å². The molecular formula is C12H39N3O3. The van der Waals surface area contributed by atoms with E-state index in [0.29, 0.717) is 0 Å². The van der Waals surface area contributed by atoms with Crippen LogP contribution in [0.3, 0.4) is 0 Å². The fourth-order valence-electron chi connectivity index (χ4n) is 0. The third kappa shape index (κ3) is 59600. The van der Waals surface area contributed by atoms with Gasteiger partial charge in [0.2, 0.25) is 0 Å². The minimum Gasteiger partial charge on any atom is -0.391 e. The molecule has 0 aliphatic rings. The van der Waals surface area contributed by atoms with Gasteiger partial charge in [-0.05, 0) is 62.3 Å². The first-order valence-electron chi connectivity index (χ1n) is 5.17. The van der Waals surface area contributed by atoms with Crippen molar-refractivity contribution in [3.8, 4) is 0 Å². The normalized spacial score (nSPS) is 10.0. The summed E-state index contributed by atoms with van der Waals surface area (Å²) in [5.41, 5.74) is -1.50. The van der Waals surface area contributed by atoms with Crippen LogP contribution in [-0.2, 0) is 0 Å². The van der Waals surface area contributed by atoms with Crippen molar-refractivity contribution in [3.63, 3.8) is 0 Å². The quantitative estimate of drug-likeness (QED) is 0.397. The first-order valence-corrected chi connectivity index (χ1v) is 5.17. The van der Waals surface area contributed by atoms with Gasteiger partial charge in [0.25, 0.3) is 0 Å². The van der Waals surface area contributed by atoms with E-state index in [1.165, 1.54) is 0 Å². The maximum absolute atomic E-state index is 8.52. The molecule has 0 radical (unpaired) electrons. The molecule has 0 aromatic heterocycles. The Bertz CT molecular complexity index is 97.6. The summed E-state index contributed by atoms with van der Waals surface area (Å²) < 4.78 is 0. The highest BCUT2D eigenvalue weighted by molar-refractivity contribution is 4.51. The van der Waals surface area contributed by atoms with Crippen LogP contribution in [0.1, 0.15) is 62.3 Å². The summed E-state index contributed by atoms with van der Waals surface area (Å²) in [5, 5.41) is 25.6. The van der Waals surface area contributed by atoms with E-state index in [9.17, 15) is 0 Å². The van der Waals surface area contributed by atoms with Crippen molar-refractivity contribution in [2.45, 2.75) is 79.1 Å². The van der Waals surface area contributed by atoms with E-state index in [1.807, 2.05) is 0 Å². The van der Waals surface area contributed by atoms with Crippen LogP contribution in [0, 0.1) is 0 Å². The molecule has 0 aliphatic heterocycles. The van der Waals surface area contributed by atoms with E-state index < -0.39 is 16.8 Å². The summed E-state index contributed by atoms with van der Waals surface area (Å²) in [7, 11) is 0. The largest absolute Gasteiger partial charge is 0.391 e. The number of aliphatic hydroxyl groups is 3. The van der Waals surface area contributed by atoms with Crippen LogP contribution in [0.15, 0.2) is 0 Å². The topological polar surface area (TPSA) is 166 Å². The molecule has 0 atom stereocenters.